The highest BCUT2D eigenvalue weighted by molar-refractivity contribution is 5.84. The Morgan fingerprint density at radius 3 is 2.71 bits per heavy atom. The highest BCUT2D eigenvalue weighted by atomic mass is 16.2. The summed E-state index contributed by atoms with van der Waals surface area (Å²) in [6.07, 6.45) is 3.43. The smallest absolute Gasteiger partial charge is 0.244 e. The number of hydrogen-bond acceptors (Lipinski definition) is 4. The van der Waals surface area contributed by atoms with Gasteiger partial charge in [0.05, 0.1) is 0 Å². The number of piperazine rings is 1. The van der Waals surface area contributed by atoms with Gasteiger partial charge in [-0.3, -0.25) is 9.78 Å². The molecular formula is C12H18N4O. The molecule has 17 heavy (non-hydrogen) atoms. The average molecular weight is 234 g/mol. The lowest BCUT2D eigenvalue weighted by Crippen LogP contribution is -2.50. The second kappa shape index (κ2) is 5.63. The molecule has 1 aromatic heterocycles. The van der Waals surface area contributed by atoms with Crippen molar-refractivity contribution in [2.75, 3.05) is 31.5 Å². The van der Waals surface area contributed by atoms with Crippen LogP contribution in [0.1, 0.15) is 6.92 Å². The molecule has 5 nitrogen and oxygen atoms in total. The average Bonchev–Trinajstić information content (AvgIpc) is 2.40. The van der Waals surface area contributed by atoms with Gasteiger partial charge in [-0.1, -0.05) is 0 Å². The normalized spacial score (nSPS) is 17.6. The fourth-order valence-corrected chi connectivity index (χ4v) is 1.92. The zero-order valence-corrected chi connectivity index (χ0v) is 10.0. The first kappa shape index (κ1) is 11.9. The Bertz CT molecular complexity index is 362. The van der Waals surface area contributed by atoms with Gasteiger partial charge >= 0.3 is 0 Å². The van der Waals surface area contributed by atoms with E-state index in [0.717, 1.165) is 31.9 Å². The number of pyridine rings is 1. The van der Waals surface area contributed by atoms with Crippen LogP contribution in [0, 0.1) is 0 Å². The predicted octanol–water partition coefficient (Wildman–Crippen LogP) is 0.314. The van der Waals surface area contributed by atoms with Crippen LogP contribution in [-0.2, 0) is 4.79 Å². The summed E-state index contributed by atoms with van der Waals surface area (Å²) in [5.74, 6) is 0.156. The summed E-state index contributed by atoms with van der Waals surface area (Å²) < 4.78 is 0. The third-order valence-corrected chi connectivity index (χ3v) is 2.86. The Kier molecular flexibility index (Phi) is 3.93. The Labute approximate surface area is 101 Å². The first-order valence-corrected chi connectivity index (χ1v) is 5.93. The lowest BCUT2D eigenvalue weighted by molar-refractivity contribution is -0.132. The highest BCUT2D eigenvalue weighted by Gasteiger charge is 2.21. The number of carbonyl (C=O) groups excluding carboxylic acids is 1. The molecule has 0 aromatic carbocycles. The van der Waals surface area contributed by atoms with Crippen LogP contribution in [0.3, 0.4) is 0 Å². The molecule has 1 saturated heterocycles. The summed E-state index contributed by atoms with van der Waals surface area (Å²) in [6, 6.07) is 3.53. The summed E-state index contributed by atoms with van der Waals surface area (Å²) in [6.45, 7) is 5.24. The summed E-state index contributed by atoms with van der Waals surface area (Å²) in [5, 5.41) is 6.42. The van der Waals surface area contributed by atoms with Crippen molar-refractivity contribution in [1.29, 1.82) is 0 Å². The SMILES string of the molecule is CC(Nc1ccncc1)C(=O)N1CCNCC1. The molecule has 92 valence electrons. The van der Waals surface area contributed by atoms with E-state index < -0.39 is 0 Å². The van der Waals surface area contributed by atoms with E-state index in [1.807, 2.05) is 24.0 Å². The molecule has 1 aliphatic rings. The number of hydrogen-bond donors (Lipinski definition) is 2. The maximum absolute atomic E-state index is 12.1. The zero-order chi connectivity index (χ0) is 12.1. The van der Waals surface area contributed by atoms with Crippen molar-refractivity contribution in [2.45, 2.75) is 13.0 Å². The van der Waals surface area contributed by atoms with Gasteiger partial charge in [0, 0.05) is 44.3 Å². The molecule has 2 heterocycles. The van der Waals surface area contributed by atoms with Gasteiger partial charge in [0.1, 0.15) is 6.04 Å². The van der Waals surface area contributed by atoms with Gasteiger partial charge < -0.3 is 15.5 Å². The van der Waals surface area contributed by atoms with Crippen LogP contribution < -0.4 is 10.6 Å². The molecule has 1 aliphatic heterocycles. The van der Waals surface area contributed by atoms with E-state index in [4.69, 9.17) is 0 Å². The molecule has 1 atom stereocenters. The topological polar surface area (TPSA) is 57.3 Å². The summed E-state index contributed by atoms with van der Waals surface area (Å²) >= 11 is 0. The van der Waals surface area contributed by atoms with Crippen LogP contribution in [0.4, 0.5) is 5.69 Å². The van der Waals surface area contributed by atoms with E-state index in [9.17, 15) is 4.79 Å². The van der Waals surface area contributed by atoms with E-state index in [1.165, 1.54) is 0 Å². The second-order valence-corrected chi connectivity index (χ2v) is 4.18. The lowest BCUT2D eigenvalue weighted by atomic mass is 10.2. The van der Waals surface area contributed by atoms with Gasteiger partial charge in [0.15, 0.2) is 0 Å². The van der Waals surface area contributed by atoms with Gasteiger partial charge in [-0.2, -0.15) is 0 Å². The van der Waals surface area contributed by atoms with Crippen molar-refractivity contribution >= 4 is 11.6 Å². The molecule has 5 heteroatoms. The van der Waals surface area contributed by atoms with Crippen molar-refractivity contribution in [3.8, 4) is 0 Å². The lowest BCUT2D eigenvalue weighted by Gasteiger charge is -2.30. The number of rotatable bonds is 3. The summed E-state index contributed by atoms with van der Waals surface area (Å²) in [7, 11) is 0. The maximum Gasteiger partial charge on any atom is 0.244 e. The molecule has 1 fully saturated rings. The van der Waals surface area contributed by atoms with Crippen molar-refractivity contribution in [3.63, 3.8) is 0 Å². The first-order chi connectivity index (χ1) is 8.27. The largest absolute Gasteiger partial charge is 0.374 e. The van der Waals surface area contributed by atoms with Crippen molar-refractivity contribution in [2.24, 2.45) is 0 Å². The Morgan fingerprint density at radius 1 is 1.41 bits per heavy atom. The number of anilines is 1. The van der Waals surface area contributed by atoms with E-state index in [0.29, 0.717) is 0 Å². The van der Waals surface area contributed by atoms with Crippen LogP contribution in [0.25, 0.3) is 0 Å². The summed E-state index contributed by atoms with van der Waals surface area (Å²) in [4.78, 5) is 18.0. The van der Waals surface area contributed by atoms with Crippen molar-refractivity contribution in [1.82, 2.24) is 15.2 Å². The van der Waals surface area contributed by atoms with Gasteiger partial charge in [0.25, 0.3) is 0 Å². The fraction of sp³-hybridized carbons (Fsp3) is 0.500. The number of amides is 1. The molecule has 1 aromatic rings. The fourth-order valence-electron chi connectivity index (χ4n) is 1.92. The van der Waals surface area contributed by atoms with Crippen LogP contribution in [0.5, 0.6) is 0 Å². The second-order valence-electron chi connectivity index (χ2n) is 4.18. The van der Waals surface area contributed by atoms with E-state index in [2.05, 4.69) is 15.6 Å². The number of nitrogens with one attached hydrogen (secondary N) is 2. The minimum Gasteiger partial charge on any atom is -0.374 e. The summed E-state index contributed by atoms with van der Waals surface area (Å²) in [5.41, 5.74) is 0.927. The molecule has 0 saturated carbocycles. The number of carbonyl (C=O) groups is 1. The van der Waals surface area contributed by atoms with E-state index >= 15 is 0 Å². The minimum absolute atomic E-state index is 0.156. The van der Waals surface area contributed by atoms with Crippen molar-refractivity contribution < 1.29 is 4.79 Å². The van der Waals surface area contributed by atoms with Crippen LogP contribution >= 0.6 is 0 Å². The molecule has 0 bridgehead atoms. The Hall–Kier alpha value is -1.62. The van der Waals surface area contributed by atoms with Gasteiger partial charge in [-0.15, -0.1) is 0 Å². The Balaban J connectivity index is 1.90. The van der Waals surface area contributed by atoms with Crippen LogP contribution in [0.15, 0.2) is 24.5 Å². The Morgan fingerprint density at radius 2 is 2.06 bits per heavy atom. The zero-order valence-electron chi connectivity index (χ0n) is 10.0. The van der Waals surface area contributed by atoms with E-state index in [-0.39, 0.29) is 11.9 Å². The monoisotopic (exact) mass is 234 g/mol. The molecule has 2 N–H and O–H groups in total. The van der Waals surface area contributed by atoms with Gasteiger partial charge in [0.2, 0.25) is 5.91 Å². The predicted molar refractivity (Wildman–Crippen MR) is 66.8 cm³/mol. The minimum atomic E-state index is -0.199. The van der Waals surface area contributed by atoms with E-state index in [1.54, 1.807) is 12.4 Å². The standard InChI is InChI=1S/C12H18N4O/c1-10(15-11-2-4-13-5-3-11)12(17)16-8-6-14-7-9-16/h2-5,10,14H,6-9H2,1H3,(H,13,15). The molecule has 1 amide bonds. The van der Waals surface area contributed by atoms with Gasteiger partial charge in [-0.05, 0) is 19.1 Å². The molecule has 0 aliphatic carbocycles. The first-order valence-electron chi connectivity index (χ1n) is 5.93. The van der Waals surface area contributed by atoms with Crippen LogP contribution in [0.2, 0.25) is 0 Å². The third kappa shape index (κ3) is 3.17. The van der Waals surface area contributed by atoms with Gasteiger partial charge in [-0.25, -0.2) is 0 Å². The number of nitrogens with zero attached hydrogens (tertiary/aromatic N) is 2. The van der Waals surface area contributed by atoms with Crippen molar-refractivity contribution in [3.05, 3.63) is 24.5 Å². The molecule has 0 radical (unpaired) electrons. The third-order valence-electron chi connectivity index (χ3n) is 2.86. The molecule has 0 spiro atoms. The maximum atomic E-state index is 12.1. The molecule has 1 unspecified atom stereocenters. The number of aromatic nitrogens is 1. The molecular weight excluding hydrogens is 216 g/mol. The quantitative estimate of drug-likeness (QED) is 0.790. The molecule has 2 rings (SSSR count). The van der Waals surface area contributed by atoms with Crippen LogP contribution in [-0.4, -0.2) is 48.0 Å². The highest BCUT2D eigenvalue weighted by Crippen LogP contribution is 2.07.